The molecule has 8 nitrogen and oxygen atoms in total. The third kappa shape index (κ3) is 4.74. The molecule has 2 heterocycles. The van der Waals surface area contributed by atoms with Crippen molar-refractivity contribution in [2.24, 2.45) is 13.0 Å². The number of carbonyl (C=O) groups excluding carboxylic acids is 3. The van der Waals surface area contributed by atoms with E-state index in [1.54, 1.807) is 9.58 Å². The monoisotopic (exact) mass is 447 g/mol. The minimum atomic E-state index is -0.340. The van der Waals surface area contributed by atoms with Crippen LogP contribution >= 0.6 is 0 Å². The van der Waals surface area contributed by atoms with Crippen LogP contribution in [0.15, 0.2) is 42.5 Å². The SMILES string of the molecule is Cc1nn(C)c(C)c1NC(=O)CNC(=O)C1CCCN(C(=O)c2cccc3ccccc23)C1. The Kier molecular flexibility index (Phi) is 6.44. The Hall–Kier alpha value is -3.68. The molecule has 2 N–H and O–H groups in total. The van der Waals surface area contributed by atoms with Gasteiger partial charge in [-0.05, 0) is 43.5 Å². The van der Waals surface area contributed by atoms with Gasteiger partial charge in [-0.15, -0.1) is 0 Å². The smallest absolute Gasteiger partial charge is 0.254 e. The number of likely N-dealkylation sites (tertiary alicyclic amines) is 1. The predicted octanol–water partition coefficient (Wildman–Crippen LogP) is 2.80. The number of nitrogens with one attached hydrogen (secondary N) is 2. The van der Waals surface area contributed by atoms with E-state index in [4.69, 9.17) is 0 Å². The van der Waals surface area contributed by atoms with Crippen LogP contribution in [0.25, 0.3) is 10.8 Å². The normalized spacial score (nSPS) is 16.0. The fourth-order valence-corrected chi connectivity index (χ4v) is 4.41. The first-order chi connectivity index (χ1) is 15.8. The first kappa shape index (κ1) is 22.5. The quantitative estimate of drug-likeness (QED) is 0.629. The minimum Gasteiger partial charge on any atom is -0.347 e. The van der Waals surface area contributed by atoms with Crippen molar-refractivity contribution in [2.75, 3.05) is 25.0 Å². The Labute approximate surface area is 192 Å². The van der Waals surface area contributed by atoms with Crippen LogP contribution in [0.1, 0.15) is 34.6 Å². The number of hydrogen-bond donors (Lipinski definition) is 2. The van der Waals surface area contributed by atoms with Crippen molar-refractivity contribution in [3.8, 4) is 0 Å². The predicted molar refractivity (Wildman–Crippen MR) is 127 cm³/mol. The molecular formula is C25H29N5O3. The highest BCUT2D eigenvalue weighted by Crippen LogP contribution is 2.24. The van der Waals surface area contributed by atoms with Gasteiger partial charge in [0.1, 0.15) is 0 Å². The fourth-order valence-electron chi connectivity index (χ4n) is 4.41. The Morgan fingerprint density at radius 1 is 1.09 bits per heavy atom. The summed E-state index contributed by atoms with van der Waals surface area (Å²) >= 11 is 0. The number of nitrogens with zero attached hydrogens (tertiary/aromatic N) is 3. The van der Waals surface area contributed by atoms with Gasteiger partial charge in [-0.1, -0.05) is 36.4 Å². The summed E-state index contributed by atoms with van der Waals surface area (Å²) < 4.78 is 1.70. The standard InChI is InChI=1S/C25H29N5O3/c1-16-23(17(2)29(3)28-16)27-22(31)14-26-24(32)19-10-7-13-30(15-19)25(33)21-12-6-9-18-8-4-5-11-20(18)21/h4-6,8-9,11-12,19H,7,10,13-15H2,1-3H3,(H,26,32)(H,27,31). The summed E-state index contributed by atoms with van der Waals surface area (Å²) in [4.78, 5) is 40.1. The van der Waals surface area contributed by atoms with Crippen LogP contribution in [0.3, 0.4) is 0 Å². The van der Waals surface area contributed by atoms with Crippen LogP contribution in [0.5, 0.6) is 0 Å². The van der Waals surface area contributed by atoms with Gasteiger partial charge in [-0.2, -0.15) is 5.10 Å². The minimum absolute atomic E-state index is 0.0652. The summed E-state index contributed by atoms with van der Waals surface area (Å²) in [7, 11) is 1.81. The van der Waals surface area contributed by atoms with Gasteiger partial charge >= 0.3 is 0 Å². The van der Waals surface area contributed by atoms with Gasteiger partial charge in [-0.3, -0.25) is 19.1 Å². The second-order valence-corrected chi connectivity index (χ2v) is 8.55. The number of piperidine rings is 1. The van der Waals surface area contributed by atoms with E-state index in [-0.39, 0.29) is 30.2 Å². The maximum absolute atomic E-state index is 13.2. The zero-order chi connectivity index (χ0) is 23.5. The number of rotatable bonds is 5. The van der Waals surface area contributed by atoms with Crippen molar-refractivity contribution >= 4 is 34.2 Å². The Bertz CT molecular complexity index is 1210. The number of amides is 3. The van der Waals surface area contributed by atoms with Crippen molar-refractivity contribution < 1.29 is 14.4 Å². The highest BCUT2D eigenvalue weighted by atomic mass is 16.2. The zero-order valence-electron chi connectivity index (χ0n) is 19.2. The maximum Gasteiger partial charge on any atom is 0.254 e. The second kappa shape index (κ2) is 9.44. The summed E-state index contributed by atoms with van der Waals surface area (Å²) in [5.74, 6) is -0.917. The molecule has 2 aromatic carbocycles. The van der Waals surface area contributed by atoms with Crippen LogP contribution < -0.4 is 10.6 Å². The van der Waals surface area contributed by atoms with E-state index >= 15 is 0 Å². The van der Waals surface area contributed by atoms with E-state index in [1.807, 2.05) is 63.4 Å². The molecule has 0 bridgehead atoms. The number of aryl methyl sites for hydroxylation is 2. The van der Waals surface area contributed by atoms with Crippen LogP contribution in [-0.2, 0) is 16.6 Å². The maximum atomic E-state index is 13.2. The summed E-state index contributed by atoms with van der Waals surface area (Å²) in [6.45, 7) is 4.53. The summed E-state index contributed by atoms with van der Waals surface area (Å²) in [5, 5.41) is 11.8. The number of aromatic nitrogens is 2. The van der Waals surface area contributed by atoms with Crippen LogP contribution in [0.2, 0.25) is 0 Å². The summed E-state index contributed by atoms with van der Waals surface area (Å²) in [6, 6.07) is 13.5. The van der Waals surface area contributed by atoms with Crippen molar-refractivity contribution in [1.29, 1.82) is 0 Å². The highest BCUT2D eigenvalue weighted by molar-refractivity contribution is 6.07. The third-order valence-electron chi connectivity index (χ3n) is 6.30. The van der Waals surface area contributed by atoms with Crippen molar-refractivity contribution in [2.45, 2.75) is 26.7 Å². The Morgan fingerprint density at radius 2 is 1.85 bits per heavy atom. The van der Waals surface area contributed by atoms with Gasteiger partial charge in [0.25, 0.3) is 5.91 Å². The third-order valence-corrected chi connectivity index (χ3v) is 6.30. The molecule has 0 radical (unpaired) electrons. The molecule has 0 saturated carbocycles. The molecular weight excluding hydrogens is 418 g/mol. The molecule has 1 aromatic heterocycles. The molecule has 0 spiro atoms. The lowest BCUT2D eigenvalue weighted by Gasteiger charge is -2.32. The molecule has 1 aliphatic heterocycles. The molecule has 3 amide bonds. The lowest BCUT2D eigenvalue weighted by Crippen LogP contribution is -2.46. The van der Waals surface area contributed by atoms with Crippen molar-refractivity contribution in [3.05, 3.63) is 59.4 Å². The van der Waals surface area contributed by atoms with Crippen molar-refractivity contribution in [3.63, 3.8) is 0 Å². The highest BCUT2D eigenvalue weighted by Gasteiger charge is 2.29. The molecule has 1 fully saturated rings. The average molecular weight is 448 g/mol. The number of fused-ring (bicyclic) bond motifs is 1. The van der Waals surface area contributed by atoms with Crippen molar-refractivity contribution in [1.82, 2.24) is 20.0 Å². The zero-order valence-corrected chi connectivity index (χ0v) is 19.2. The molecule has 4 rings (SSSR count). The first-order valence-corrected chi connectivity index (χ1v) is 11.2. The number of carbonyl (C=O) groups is 3. The lowest BCUT2D eigenvalue weighted by molar-refractivity contribution is -0.128. The fraction of sp³-hybridized carbons (Fsp3) is 0.360. The molecule has 172 valence electrons. The van der Waals surface area contributed by atoms with Crippen LogP contribution in [0.4, 0.5) is 5.69 Å². The number of benzene rings is 2. The molecule has 3 aromatic rings. The Morgan fingerprint density at radius 3 is 2.61 bits per heavy atom. The molecule has 0 aliphatic carbocycles. The van der Waals surface area contributed by atoms with Gasteiger partial charge in [0, 0.05) is 25.7 Å². The molecule has 33 heavy (non-hydrogen) atoms. The van der Waals surface area contributed by atoms with Gasteiger partial charge in [0.05, 0.1) is 29.5 Å². The number of hydrogen-bond acceptors (Lipinski definition) is 4. The van der Waals surface area contributed by atoms with E-state index in [2.05, 4.69) is 15.7 Å². The van der Waals surface area contributed by atoms with Gasteiger partial charge < -0.3 is 15.5 Å². The Balaban J connectivity index is 1.36. The van der Waals surface area contributed by atoms with Crippen LogP contribution in [-0.4, -0.2) is 52.0 Å². The second-order valence-electron chi connectivity index (χ2n) is 8.55. The summed E-state index contributed by atoms with van der Waals surface area (Å²) in [5.41, 5.74) is 2.89. The lowest BCUT2D eigenvalue weighted by atomic mass is 9.95. The molecule has 1 saturated heterocycles. The number of anilines is 1. The average Bonchev–Trinajstić information content (AvgIpc) is 3.07. The molecule has 1 aliphatic rings. The van der Waals surface area contributed by atoms with E-state index in [1.165, 1.54) is 0 Å². The van der Waals surface area contributed by atoms with E-state index < -0.39 is 0 Å². The van der Waals surface area contributed by atoms with E-state index in [0.29, 0.717) is 30.8 Å². The molecule has 1 unspecified atom stereocenters. The molecule has 1 atom stereocenters. The topological polar surface area (TPSA) is 96.3 Å². The largest absolute Gasteiger partial charge is 0.347 e. The van der Waals surface area contributed by atoms with E-state index in [0.717, 1.165) is 28.6 Å². The van der Waals surface area contributed by atoms with Gasteiger partial charge in [-0.25, -0.2) is 0 Å². The van der Waals surface area contributed by atoms with Gasteiger partial charge in [0.2, 0.25) is 11.8 Å². The molecule has 8 heteroatoms. The van der Waals surface area contributed by atoms with Crippen LogP contribution in [0, 0.1) is 19.8 Å². The van der Waals surface area contributed by atoms with E-state index in [9.17, 15) is 14.4 Å². The summed E-state index contributed by atoms with van der Waals surface area (Å²) in [6.07, 6.45) is 1.43. The first-order valence-electron chi connectivity index (χ1n) is 11.2. The van der Waals surface area contributed by atoms with Gasteiger partial charge in [0.15, 0.2) is 0 Å².